The van der Waals surface area contributed by atoms with Gasteiger partial charge in [0.15, 0.2) is 0 Å². The molecule has 0 saturated heterocycles. The molecule has 0 amide bonds. The first-order valence-electron chi connectivity index (χ1n) is 5.61. The molecule has 0 bridgehead atoms. The van der Waals surface area contributed by atoms with E-state index in [-0.39, 0.29) is 24.1 Å². The number of halogens is 1. The van der Waals surface area contributed by atoms with Gasteiger partial charge in [-0.05, 0) is 30.5 Å². The van der Waals surface area contributed by atoms with Crippen LogP contribution in [0.3, 0.4) is 0 Å². The highest BCUT2D eigenvalue weighted by molar-refractivity contribution is 5.34. The molecule has 0 aliphatic rings. The zero-order chi connectivity index (χ0) is 12.8. The van der Waals surface area contributed by atoms with Crippen molar-refractivity contribution >= 4 is 0 Å². The van der Waals surface area contributed by atoms with Gasteiger partial charge < -0.3 is 10.4 Å². The zero-order valence-corrected chi connectivity index (χ0v) is 10.1. The van der Waals surface area contributed by atoms with E-state index in [9.17, 15) is 4.39 Å². The third-order valence-electron chi connectivity index (χ3n) is 2.92. The summed E-state index contributed by atoms with van der Waals surface area (Å²) in [7, 11) is 0. The zero-order valence-electron chi connectivity index (χ0n) is 10.1. The number of nitrogens with one attached hydrogen (secondary N) is 1. The highest BCUT2D eigenvalue weighted by atomic mass is 19.1. The highest BCUT2D eigenvalue weighted by Gasteiger charge is 2.10. The third kappa shape index (κ3) is 3.81. The molecule has 0 spiro atoms. The predicted molar refractivity (Wildman–Crippen MR) is 63.7 cm³/mol. The van der Waals surface area contributed by atoms with E-state index in [1.807, 2.05) is 19.9 Å². The van der Waals surface area contributed by atoms with Crippen LogP contribution in [-0.4, -0.2) is 17.8 Å². The van der Waals surface area contributed by atoms with Gasteiger partial charge in [-0.25, -0.2) is 4.39 Å². The maximum atomic E-state index is 13.1. The summed E-state index contributed by atoms with van der Waals surface area (Å²) >= 11 is 0. The minimum atomic E-state index is -0.493. The minimum absolute atomic E-state index is 0.0622. The molecule has 0 radical (unpaired) electrons. The van der Waals surface area contributed by atoms with E-state index in [0.29, 0.717) is 6.54 Å². The van der Waals surface area contributed by atoms with Crippen molar-refractivity contribution < 1.29 is 9.50 Å². The van der Waals surface area contributed by atoms with Crippen LogP contribution in [0.15, 0.2) is 18.2 Å². The molecule has 1 aromatic rings. The smallest absolute Gasteiger partial charge is 0.140 e. The standard InChI is InChI=1S/C13H17FN2O/c1-9(8-17)10(2)16-7-11-3-4-13(14)12(5-11)6-15/h3-5,9-10,16-17H,7-8H2,1-2H3. The normalized spacial score (nSPS) is 14.1. The van der Waals surface area contributed by atoms with Crippen molar-refractivity contribution in [1.29, 1.82) is 5.26 Å². The van der Waals surface area contributed by atoms with Crippen molar-refractivity contribution in [3.05, 3.63) is 35.1 Å². The molecule has 0 fully saturated rings. The number of hydrogen-bond acceptors (Lipinski definition) is 3. The lowest BCUT2D eigenvalue weighted by Gasteiger charge is -2.19. The number of benzene rings is 1. The summed E-state index contributed by atoms with van der Waals surface area (Å²) in [4.78, 5) is 0. The van der Waals surface area contributed by atoms with Crippen LogP contribution in [0.25, 0.3) is 0 Å². The molecule has 0 aromatic heterocycles. The van der Waals surface area contributed by atoms with E-state index in [1.54, 1.807) is 12.1 Å². The van der Waals surface area contributed by atoms with Crippen molar-refractivity contribution in [2.24, 2.45) is 5.92 Å². The molecule has 0 saturated carbocycles. The Morgan fingerprint density at radius 3 is 2.76 bits per heavy atom. The fraction of sp³-hybridized carbons (Fsp3) is 0.462. The number of hydrogen-bond donors (Lipinski definition) is 2. The fourth-order valence-electron chi connectivity index (χ4n) is 1.41. The van der Waals surface area contributed by atoms with Gasteiger partial charge in [0.1, 0.15) is 11.9 Å². The van der Waals surface area contributed by atoms with E-state index in [2.05, 4.69) is 5.32 Å². The molecule has 2 atom stereocenters. The Labute approximate surface area is 101 Å². The lowest BCUT2D eigenvalue weighted by Crippen LogP contribution is -2.33. The van der Waals surface area contributed by atoms with E-state index in [4.69, 9.17) is 10.4 Å². The van der Waals surface area contributed by atoms with E-state index < -0.39 is 5.82 Å². The van der Waals surface area contributed by atoms with Crippen molar-refractivity contribution in [3.8, 4) is 6.07 Å². The first-order valence-corrected chi connectivity index (χ1v) is 5.61. The third-order valence-corrected chi connectivity index (χ3v) is 2.92. The number of aliphatic hydroxyl groups excluding tert-OH is 1. The molecule has 92 valence electrons. The van der Waals surface area contributed by atoms with Crippen LogP contribution in [0.2, 0.25) is 0 Å². The summed E-state index contributed by atoms with van der Waals surface area (Å²) in [6.45, 7) is 4.61. The Balaban J connectivity index is 2.61. The Morgan fingerprint density at radius 1 is 1.47 bits per heavy atom. The van der Waals surface area contributed by atoms with Crippen LogP contribution >= 0.6 is 0 Å². The minimum Gasteiger partial charge on any atom is -0.396 e. The second-order valence-corrected chi connectivity index (χ2v) is 4.26. The maximum absolute atomic E-state index is 13.1. The molecule has 3 nitrogen and oxygen atoms in total. The summed E-state index contributed by atoms with van der Waals surface area (Å²) in [5.74, 6) is -0.334. The second-order valence-electron chi connectivity index (χ2n) is 4.26. The average molecular weight is 236 g/mol. The summed E-state index contributed by atoms with van der Waals surface area (Å²) in [5.41, 5.74) is 0.923. The fourth-order valence-corrected chi connectivity index (χ4v) is 1.41. The van der Waals surface area contributed by atoms with Gasteiger partial charge in [0.25, 0.3) is 0 Å². The molecular formula is C13H17FN2O. The monoisotopic (exact) mass is 236 g/mol. The largest absolute Gasteiger partial charge is 0.396 e. The average Bonchev–Trinajstić information content (AvgIpc) is 2.36. The highest BCUT2D eigenvalue weighted by Crippen LogP contribution is 2.10. The van der Waals surface area contributed by atoms with Gasteiger partial charge in [0, 0.05) is 19.2 Å². The Hall–Kier alpha value is -1.44. The lowest BCUT2D eigenvalue weighted by molar-refractivity contribution is 0.207. The lowest BCUT2D eigenvalue weighted by atomic mass is 10.0. The van der Waals surface area contributed by atoms with Crippen LogP contribution in [-0.2, 0) is 6.54 Å². The number of aliphatic hydroxyl groups is 1. The van der Waals surface area contributed by atoms with E-state index >= 15 is 0 Å². The molecule has 2 N–H and O–H groups in total. The Morgan fingerprint density at radius 2 is 2.18 bits per heavy atom. The second kappa shape index (κ2) is 6.33. The van der Waals surface area contributed by atoms with Crippen molar-refractivity contribution in [1.82, 2.24) is 5.32 Å². The van der Waals surface area contributed by atoms with Crippen LogP contribution in [0, 0.1) is 23.1 Å². The van der Waals surface area contributed by atoms with Crippen molar-refractivity contribution in [2.75, 3.05) is 6.61 Å². The van der Waals surface area contributed by atoms with Crippen LogP contribution in [0.4, 0.5) is 4.39 Å². The van der Waals surface area contributed by atoms with Gasteiger partial charge in [-0.1, -0.05) is 13.0 Å². The molecular weight excluding hydrogens is 219 g/mol. The van der Waals surface area contributed by atoms with Gasteiger partial charge in [-0.15, -0.1) is 0 Å². The predicted octanol–water partition coefficient (Wildman–Crippen LogP) is 1.80. The van der Waals surface area contributed by atoms with Crippen LogP contribution in [0.5, 0.6) is 0 Å². The van der Waals surface area contributed by atoms with Gasteiger partial charge in [-0.3, -0.25) is 0 Å². The molecule has 0 aliphatic heterocycles. The summed E-state index contributed by atoms with van der Waals surface area (Å²) < 4.78 is 13.1. The van der Waals surface area contributed by atoms with Crippen molar-refractivity contribution in [3.63, 3.8) is 0 Å². The van der Waals surface area contributed by atoms with Gasteiger partial charge in [0.05, 0.1) is 5.56 Å². The van der Waals surface area contributed by atoms with Crippen LogP contribution < -0.4 is 5.32 Å². The SMILES string of the molecule is CC(CO)C(C)NCc1ccc(F)c(C#N)c1. The molecule has 0 heterocycles. The number of nitrogens with zero attached hydrogens (tertiary/aromatic N) is 1. The molecule has 1 aromatic carbocycles. The van der Waals surface area contributed by atoms with E-state index in [1.165, 1.54) is 6.07 Å². The quantitative estimate of drug-likeness (QED) is 0.819. The molecule has 1 rings (SSSR count). The summed E-state index contributed by atoms with van der Waals surface area (Å²) in [6.07, 6.45) is 0. The van der Waals surface area contributed by atoms with Crippen molar-refractivity contribution in [2.45, 2.75) is 26.4 Å². The maximum Gasteiger partial charge on any atom is 0.140 e. The van der Waals surface area contributed by atoms with Crippen LogP contribution in [0.1, 0.15) is 25.0 Å². The van der Waals surface area contributed by atoms with Gasteiger partial charge in [-0.2, -0.15) is 5.26 Å². The van der Waals surface area contributed by atoms with Gasteiger partial charge >= 0.3 is 0 Å². The number of rotatable bonds is 5. The van der Waals surface area contributed by atoms with E-state index in [0.717, 1.165) is 5.56 Å². The summed E-state index contributed by atoms with van der Waals surface area (Å²) in [6, 6.07) is 6.47. The summed E-state index contributed by atoms with van der Waals surface area (Å²) in [5, 5.41) is 20.9. The molecule has 17 heavy (non-hydrogen) atoms. The molecule has 2 unspecified atom stereocenters. The first kappa shape index (κ1) is 13.6. The Kier molecular flexibility index (Phi) is 5.08. The Bertz CT molecular complexity index is 414. The first-order chi connectivity index (χ1) is 8.08. The topological polar surface area (TPSA) is 56.0 Å². The molecule has 4 heteroatoms. The number of nitriles is 1. The molecule has 0 aliphatic carbocycles. The van der Waals surface area contributed by atoms with Gasteiger partial charge in [0.2, 0.25) is 0 Å².